The Morgan fingerprint density at radius 2 is 2.30 bits per heavy atom. The quantitative estimate of drug-likeness (QED) is 0.310. The predicted octanol–water partition coefficient (Wildman–Crippen LogP) is 1.98. The molecule has 0 aliphatic carbocycles. The van der Waals surface area contributed by atoms with Gasteiger partial charge in [0.15, 0.2) is 0 Å². The number of hydrogen-bond donors (Lipinski definition) is 1. The van der Waals surface area contributed by atoms with E-state index < -0.39 is 6.90 Å². The molecule has 6 heteroatoms. The van der Waals surface area contributed by atoms with Crippen LogP contribution in [0.15, 0.2) is 0 Å². The summed E-state index contributed by atoms with van der Waals surface area (Å²) < 4.78 is 0. The molecule has 2 unspecified atom stereocenters. The standard InChI is InChI=1S/C4H9N2OP3/c1-3(7)4(6-5)10(8)9-2/h5H,8H2,1-2H3/q+2. The molecule has 3 nitrogen and oxygen atoms in total. The number of carbonyl (C=O) groups is 1. The van der Waals surface area contributed by atoms with Gasteiger partial charge in [-0.25, -0.2) is 0 Å². The van der Waals surface area contributed by atoms with E-state index >= 15 is 0 Å². The second-order valence-electron chi connectivity index (χ2n) is 1.54. The molecule has 0 amide bonds. The Morgan fingerprint density at radius 3 is 2.40 bits per heavy atom. The van der Waals surface area contributed by atoms with Crippen molar-refractivity contribution in [2.24, 2.45) is 0 Å². The molecule has 0 aromatic rings. The summed E-state index contributed by atoms with van der Waals surface area (Å²) in [6.45, 7) is 2.81. The number of nitrogens with zero attached hydrogens (tertiary/aromatic N) is 1. The van der Waals surface area contributed by atoms with E-state index in [4.69, 9.17) is 5.53 Å². The van der Waals surface area contributed by atoms with Crippen LogP contribution in [0.25, 0.3) is 0 Å². The lowest BCUT2D eigenvalue weighted by Crippen LogP contribution is -2.03. The van der Waals surface area contributed by atoms with Crippen molar-refractivity contribution in [3.63, 3.8) is 0 Å². The highest BCUT2D eigenvalue weighted by molar-refractivity contribution is 8.35. The van der Waals surface area contributed by atoms with Gasteiger partial charge in [-0.1, -0.05) is 0 Å². The number of hydrogen-bond acceptors (Lipinski definition) is 2. The van der Waals surface area contributed by atoms with Gasteiger partial charge in [-0.2, -0.15) is 0 Å². The minimum Gasteiger partial charge on any atom is -0.281 e. The summed E-state index contributed by atoms with van der Waals surface area (Å²) in [4.78, 5) is 13.9. The minimum absolute atomic E-state index is 0.0922. The maximum Gasteiger partial charge on any atom is 0.567 e. The van der Waals surface area contributed by atoms with E-state index in [9.17, 15) is 4.79 Å². The van der Waals surface area contributed by atoms with Crippen LogP contribution in [-0.2, 0) is 4.79 Å². The van der Waals surface area contributed by atoms with Crippen LogP contribution >= 0.6 is 23.7 Å². The van der Waals surface area contributed by atoms with Crippen LogP contribution in [0.2, 0.25) is 0 Å². The monoisotopic (exact) mass is 194 g/mol. The lowest BCUT2D eigenvalue weighted by Gasteiger charge is -1.70. The first-order valence-corrected chi connectivity index (χ1v) is 7.54. The molecular weight excluding hydrogens is 185 g/mol. The van der Waals surface area contributed by atoms with Crippen LogP contribution in [0.3, 0.4) is 0 Å². The minimum atomic E-state index is -0.579. The van der Waals surface area contributed by atoms with E-state index in [1.54, 1.807) is 0 Å². The van der Waals surface area contributed by atoms with Crippen molar-refractivity contribution in [2.45, 2.75) is 6.92 Å². The summed E-state index contributed by atoms with van der Waals surface area (Å²) >= 11 is 0. The van der Waals surface area contributed by atoms with Gasteiger partial charge < -0.3 is 0 Å². The van der Waals surface area contributed by atoms with Crippen molar-refractivity contribution in [3.05, 3.63) is 0 Å². The van der Waals surface area contributed by atoms with Crippen LogP contribution in [0, 0.1) is 5.53 Å². The molecule has 0 rings (SSSR count). The molecule has 1 N–H and O–H groups in total. The van der Waals surface area contributed by atoms with E-state index in [2.05, 4.69) is 13.7 Å². The van der Waals surface area contributed by atoms with E-state index in [1.807, 2.05) is 6.66 Å². The molecule has 0 saturated heterocycles. The first kappa shape index (κ1) is 10.1. The predicted molar refractivity (Wildman–Crippen MR) is 48.1 cm³/mol. The molecule has 10 heavy (non-hydrogen) atoms. The van der Waals surface area contributed by atoms with Crippen LogP contribution in [0.4, 0.5) is 0 Å². The van der Waals surface area contributed by atoms with Crippen molar-refractivity contribution >= 4 is 34.9 Å². The fraction of sp³-hybridized carbons (Fsp3) is 0.500. The highest BCUT2D eigenvalue weighted by Crippen LogP contribution is 2.42. The summed E-state index contributed by atoms with van der Waals surface area (Å²) in [5, 5.41) is 0. The number of ketones is 1. The first-order valence-electron chi connectivity index (χ1n) is 2.53. The number of Topliss-reactive ketones (excluding diaryl/α,β-unsaturated/α-hetero) is 1. The van der Waals surface area contributed by atoms with E-state index in [-0.39, 0.29) is 5.78 Å². The van der Waals surface area contributed by atoms with Crippen molar-refractivity contribution in [3.8, 4) is 0 Å². The van der Waals surface area contributed by atoms with Gasteiger partial charge in [-0.05, 0) is 0 Å². The van der Waals surface area contributed by atoms with E-state index in [0.29, 0.717) is 5.45 Å². The number of nitrogens with one attached hydrogen (secondary N) is 1. The molecule has 2 atom stereocenters. The molecular formula is C4H9N2OP3+2. The van der Waals surface area contributed by atoms with Crippen molar-refractivity contribution in [1.29, 1.82) is 5.53 Å². The van der Waals surface area contributed by atoms with Gasteiger partial charge in [0, 0.05) is 13.6 Å². The van der Waals surface area contributed by atoms with Crippen molar-refractivity contribution in [1.82, 2.24) is 0 Å². The Morgan fingerprint density at radius 1 is 1.80 bits per heavy atom. The summed E-state index contributed by atoms with van der Waals surface area (Å²) in [7, 11) is 3.65. The molecule has 54 valence electrons. The lowest BCUT2D eigenvalue weighted by molar-refractivity contribution is -0.132. The highest BCUT2D eigenvalue weighted by Gasteiger charge is 2.31. The second-order valence-corrected chi connectivity index (χ2v) is 8.39. The fourth-order valence-electron chi connectivity index (χ4n) is 0.386. The molecule has 0 saturated carbocycles. The van der Waals surface area contributed by atoms with Gasteiger partial charge in [0.05, 0.1) is 5.53 Å². The number of carbonyl (C=O) groups excluding carboxylic acids is 1. The highest BCUT2D eigenvalue weighted by atomic mass is 32.2. The molecule has 0 aliphatic heterocycles. The topological polar surface area (TPSA) is 55.0 Å². The van der Waals surface area contributed by atoms with Crippen molar-refractivity contribution < 1.29 is 9.58 Å². The second kappa shape index (κ2) is 4.83. The first-order chi connectivity index (χ1) is 4.63. The number of rotatable bonds is 2. The largest absolute Gasteiger partial charge is 0.567 e. The summed E-state index contributed by atoms with van der Waals surface area (Å²) in [5.41, 5.74) is 7.08. The SMILES string of the molecule is CP=[P+](P)C(=[N+]=N)C(C)=O. The van der Waals surface area contributed by atoms with Gasteiger partial charge >= 0.3 is 5.45 Å². The summed E-state index contributed by atoms with van der Waals surface area (Å²) in [6.07, 6.45) is 0. The van der Waals surface area contributed by atoms with Gasteiger partial charge in [0.2, 0.25) is 0 Å². The Kier molecular flexibility index (Phi) is 4.87. The fourth-order valence-corrected chi connectivity index (χ4v) is 2.84. The summed E-state index contributed by atoms with van der Waals surface area (Å²) in [5.74, 6) is -0.0922. The molecule has 0 aliphatic rings. The third-order valence-electron chi connectivity index (χ3n) is 0.853. The smallest absolute Gasteiger partial charge is 0.281 e. The zero-order valence-electron chi connectivity index (χ0n) is 5.83. The van der Waals surface area contributed by atoms with Crippen LogP contribution < -0.4 is 0 Å². The average Bonchev–Trinajstić information content (AvgIpc) is 1.88. The molecule has 0 radical (unpaired) electrons. The van der Waals surface area contributed by atoms with Gasteiger partial charge in [0.25, 0.3) is 12.7 Å². The molecule has 0 fully saturated rings. The van der Waals surface area contributed by atoms with E-state index in [1.165, 1.54) is 6.92 Å². The third-order valence-corrected chi connectivity index (χ3v) is 6.81. The Labute approximate surface area is 64.3 Å². The van der Waals surface area contributed by atoms with Crippen LogP contribution in [0.5, 0.6) is 0 Å². The van der Waals surface area contributed by atoms with Crippen LogP contribution in [0.1, 0.15) is 6.92 Å². The molecule has 0 heterocycles. The zero-order chi connectivity index (χ0) is 8.15. The molecule has 0 spiro atoms. The molecule has 0 aromatic carbocycles. The van der Waals surface area contributed by atoms with E-state index in [0.717, 1.165) is 7.87 Å². The van der Waals surface area contributed by atoms with Gasteiger partial charge in [-0.3, -0.25) is 4.79 Å². The maximum absolute atomic E-state index is 10.7. The Balaban J connectivity index is 4.74. The van der Waals surface area contributed by atoms with Crippen molar-refractivity contribution in [2.75, 3.05) is 6.66 Å². The Bertz CT molecular complexity index is 229. The zero-order valence-corrected chi connectivity index (χ0v) is 8.77. The summed E-state index contributed by atoms with van der Waals surface area (Å²) in [6, 6.07) is 0. The van der Waals surface area contributed by atoms with Gasteiger partial charge in [0.1, 0.15) is 21.6 Å². The average molecular weight is 194 g/mol. The molecule has 0 aromatic heterocycles. The lowest BCUT2D eigenvalue weighted by atomic mass is 10.5. The maximum atomic E-state index is 10.7. The van der Waals surface area contributed by atoms with Gasteiger partial charge in [-0.15, -0.1) is 0 Å². The normalized spacial score (nSPS) is 10.5. The Hall–Kier alpha value is 0.0800. The third kappa shape index (κ3) is 2.78. The molecule has 0 bridgehead atoms. The van der Waals surface area contributed by atoms with Crippen LogP contribution in [-0.4, -0.2) is 22.7 Å².